The van der Waals surface area contributed by atoms with Crippen LogP contribution >= 0.6 is 15.9 Å². The molecule has 1 N–H and O–H groups in total. The van der Waals surface area contributed by atoms with E-state index in [1.54, 1.807) is 0 Å². The molecule has 0 aromatic heterocycles. The minimum atomic E-state index is 0.646. The number of hydrogen-bond donors (Lipinski definition) is 1. The number of anilines is 1. The van der Waals surface area contributed by atoms with Gasteiger partial charge in [-0.15, -0.1) is 0 Å². The summed E-state index contributed by atoms with van der Waals surface area (Å²) in [6, 6.07) is 5.07. The van der Waals surface area contributed by atoms with Crippen molar-refractivity contribution in [2.45, 2.75) is 59.4 Å². The van der Waals surface area contributed by atoms with E-state index in [2.05, 4.69) is 61.1 Å². The van der Waals surface area contributed by atoms with Gasteiger partial charge in [-0.2, -0.15) is 0 Å². The minimum Gasteiger partial charge on any atom is -0.382 e. The Morgan fingerprint density at radius 1 is 1.11 bits per heavy atom. The maximum absolute atomic E-state index is 3.86. The Bertz CT molecular complexity index is 416. The normalized spacial score (nSPS) is 23.7. The van der Waals surface area contributed by atoms with Crippen molar-refractivity contribution < 1.29 is 0 Å². The van der Waals surface area contributed by atoms with Crippen LogP contribution in [0, 0.1) is 25.7 Å². The second kappa shape index (κ2) is 6.30. The van der Waals surface area contributed by atoms with Gasteiger partial charge in [-0.25, -0.2) is 0 Å². The number of aryl methyl sites for hydroxylation is 2. The smallest absolute Gasteiger partial charge is 0.0402 e. The van der Waals surface area contributed by atoms with Gasteiger partial charge in [0.25, 0.3) is 0 Å². The highest BCUT2D eigenvalue weighted by molar-refractivity contribution is 9.10. The average Bonchev–Trinajstić information content (AvgIpc) is 2.34. The van der Waals surface area contributed by atoms with Crippen molar-refractivity contribution in [1.29, 1.82) is 0 Å². The molecule has 0 bridgehead atoms. The first-order valence-electron chi connectivity index (χ1n) is 7.52. The van der Waals surface area contributed by atoms with Crippen molar-refractivity contribution >= 4 is 21.6 Å². The molecule has 1 aromatic carbocycles. The summed E-state index contributed by atoms with van der Waals surface area (Å²) in [5.41, 5.74) is 4.04. The molecule has 1 nitrogen and oxygen atoms in total. The van der Waals surface area contributed by atoms with Gasteiger partial charge >= 0.3 is 0 Å². The van der Waals surface area contributed by atoms with Gasteiger partial charge in [0.15, 0.2) is 0 Å². The van der Waals surface area contributed by atoms with E-state index < -0.39 is 0 Å². The zero-order valence-corrected chi connectivity index (χ0v) is 14.2. The molecule has 106 valence electrons. The molecule has 0 aliphatic heterocycles. The van der Waals surface area contributed by atoms with Crippen LogP contribution < -0.4 is 5.32 Å². The zero-order chi connectivity index (χ0) is 14.0. The third-order valence-corrected chi connectivity index (χ3v) is 4.96. The van der Waals surface area contributed by atoms with E-state index in [1.165, 1.54) is 47.0 Å². The Labute approximate surface area is 126 Å². The Balaban J connectivity index is 2.19. The second-order valence-corrected chi connectivity index (χ2v) is 7.27. The minimum absolute atomic E-state index is 0.646. The van der Waals surface area contributed by atoms with Gasteiger partial charge in [0.2, 0.25) is 0 Å². The Kier molecular flexibility index (Phi) is 4.94. The molecule has 0 amide bonds. The number of halogens is 1. The summed E-state index contributed by atoms with van der Waals surface area (Å²) in [6.45, 7) is 9.14. The number of nitrogens with one attached hydrogen (secondary N) is 1. The van der Waals surface area contributed by atoms with E-state index in [9.17, 15) is 0 Å². The highest BCUT2D eigenvalue weighted by Crippen LogP contribution is 2.34. The summed E-state index contributed by atoms with van der Waals surface area (Å²) in [5.74, 6) is 1.59. The third kappa shape index (κ3) is 3.53. The van der Waals surface area contributed by atoms with Crippen molar-refractivity contribution in [3.8, 4) is 0 Å². The van der Waals surface area contributed by atoms with Crippen LogP contribution in [0.5, 0.6) is 0 Å². The van der Waals surface area contributed by atoms with Gasteiger partial charge in [-0.1, -0.05) is 42.6 Å². The summed E-state index contributed by atoms with van der Waals surface area (Å²) in [4.78, 5) is 0. The topological polar surface area (TPSA) is 12.0 Å². The molecule has 0 radical (unpaired) electrons. The molecule has 1 aromatic rings. The summed E-state index contributed by atoms with van der Waals surface area (Å²) < 4.78 is 1.18. The lowest BCUT2D eigenvalue weighted by atomic mass is 9.77. The Morgan fingerprint density at radius 3 is 2.26 bits per heavy atom. The highest BCUT2D eigenvalue weighted by atomic mass is 79.9. The lowest BCUT2D eigenvalue weighted by Crippen LogP contribution is -2.35. The number of hydrogen-bond acceptors (Lipinski definition) is 1. The van der Waals surface area contributed by atoms with Crippen molar-refractivity contribution in [1.82, 2.24) is 0 Å². The van der Waals surface area contributed by atoms with Crippen LogP contribution in [-0.2, 0) is 0 Å². The Hall–Kier alpha value is -0.500. The summed E-state index contributed by atoms with van der Waals surface area (Å²) in [6.07, 6.45) is 5.47. The molecular formula is C17H26BrN. The molecule has 2 atom stereocenters. The lowest BCUT2D eigenvalue weighted by Gasteiger charge is -2.36. The molecule has 1 saturated carbocycles. The molecule has 1 aliphatic rings. The molecule has 19 heavy (non-hydrogen) atoms. The molecule has 0 saturated heterocycles. The summed E-state index contributed by atoms with van der Waals surface area (Å²) in [5, 5.41) is 3.86. The maximum Gasteiger partial charge on any atom is 0.0402 e. The van der Waals surface area contributed by atoms with Crippen LogP contribution in [0.1, 0.15) is 50.7 Å². The van der Waals surface area contributed by atoms with Crippen LogP contribution in [0.2, 0.25) is 0 Å². The molecule has 2 rings (SSSR count). The van der Waals surface area contributed by atoms with E-state index in [4.69, 9.17) is 0 Å². The molecule has 1 fully saturated rings. The third-order valence-electron chi connectivity index (χ3n) is 4.50. The largest absolute Gasteiger partial charge is 0.382 e. The van der Waals surface area contributed by atoms with E-state index in [-0.39, 0.29) is 0 Å². The van der Waals surface area contributed by atoms with Crippen LogP contribution in [0.25, 0.3) is 0 Å². The van der Waals surface area contributed by atoms with Gasteiger partial charge in [0.1, 0.15) is 0 Å². The second-order valence-electron chi connectivity index (χ2n) is 6.36. The van der Waals surface area contributed by atoms with Crippen LogP contribution in [0.4, 0.5) is 5.69 Å². The summed E-state index contributed by atoms with van der Waals surface area (Å²) >= 11 is 3.58. The molecule has 0 heterocycles. The van der Waals surface area contributed by atoms with Crippen molar-refractivity contribution in [3.05, 3.63) is 27.7 Å². The first-order chi connectivity index (χ1) is 8.99. The highest BCUT2D eigenvalue weighted by Gasteiger charge is 2.27. The van der Waals surface area contributed by atoms with Gasteiger partial charge < -0.3 is 5.32 Å². The first-order valence-corrected chi connectivity index (χ1v) is 8.31. The fourth-order valence-corrected chi connectivity index (χ4v) is 4.15. The molecule has 2 unspecified atom stereocenters. The average molecular weight is 324 g/mol. The van der Waals surface area contributed by atoms with E-state index in [1.807, 2.05) is 0 Å². The van der Waals surface area contributed by atoms with Gasteiger partial charge in [-0.3, -0.25) is 0 Å². The lowest BCUT2D eigenvalue weighted by molar-refractivity contribution is 0.253. The van der Waals surface area contributed by atoms with E-state index in [0.29, 0.717) is 6.04 Å². The molecule has 2 heteroatoms. The number of benzene rings is 1. The fraction of sp³-hybridized carbons (Fsp3) is 0.647. The van der Waals surface area contributed by atoms with E-state index in [0.717, 1.165) is 11.8 Å². The predicted octanol–water partition coefficient (Wildman–Crippen LogP) is 5.69. The standard InChI is InChI=1S/C17H26BrN/c1-11(2)15-7-5-6-8-16(15)19-17-12(3)9-14(18)10-13(17)4/h9-11,15-16,19H,5-8H2,1-4H3. The van der Waals surface area contributed by atoms with Crippen molar-refractivity contribution in [2.75, 3.05) is 5.32 Å². The quantitative estimate of drug-likeness (QED) is 0.753. The zero-order valence-electron chi connectivity index (χ0n) is 12.6. The first kappa shape index (κ1) is 14.9. The SMILES string of the molecule is Cc1cc(Br)cc(C)c1NC1CCCCC1C(C)C. The molecule has 0 spiro atoms. The molecular weight excluding hydrogens is 298 g/mol. The van der Waals surface area contributed by atoms with Gasteiger partial charge in [-0.05, 0) is 61.8 Å². The van der Waals surface area contributed by atoms with Crippen molar-refractivity contribution in [3.63, 3.8) is 0 Å². The van der Waals surface area contributed by atoms with Crippen LogP contribution in [0.3, 0.4) is 0 Å². The van der Waals surface area contributed by atoms with Crippen LogP contribution in [-0.4, -0.2) is 6.04 Å². The maximum atomic E-state index is 3.86. The predicted molar refractivity (Wildman–Crippen MR) is 87.8 cm³/mol. The molecule has 1 aliphatic carbocycles. The Morgan fingerprint density at radius 2 is 1.68 bits per heavy atom. The van der Waals surface area contributed by atoms with Crippen molar-refractivity contribution in [2.24, 2.45) is 11.8 Å². The number of rotatable bonds is 3. The van der Waals surface area contributed by atoms with Gasteiger partial charge in [0, 0.05) is 16.2 Å². The van der Waals surface area contributed by atoms with Gasteiger partial charge in [0.05, 0.1) is 0 Å². The fourth-order valence-electron chi connectivity index (χ4n) is 3.46. The van der Waals surface area contributed by atoms with Crippen LogP contribution in [0.15, 0.2) is 16.6 Å². The van der Waals surface area contributed by atoms with E-state index >= 15 is 0 Å². The summed E-state index contributed by atoms with van der Waals surface area (Å²) in [7, 11) is 0. The monoisotopic (exact) mass is 323 g/mol.